The van der Waals surface area contributed by atoms with Crippen LogP contribution in [0.4, 0.5) is 0 Å². The van der Waals surface area contributed by atoms with Crippen molar-refractivity contribution >= 4 is 11.9 Å². The van der Waals surface area contributed by atoms with Crippen molar-refractivity contribution in [3.63, 3.8) is 0 Å². The molecular weight excluding hydrogens is 244 g/mol. The van der Waals surface area contributed by atoms with E-state index in [-0.39, 0.29) is 5.91 Å². The van der Waals surface area contributed by atoms with Crippen LogP contribution in [0.1, 0.15) is 28.4 Å². The molecule has 19 heavy (non-hydrogen) atoms. The fourth-order valence-corrected chi connectivity index (χ4v) is 2.26. The molecule has 1 aromatic carbocycles. The van der Waals surface area contributed by atoms with Gasteiger partial charge in [0.05, 0.1) is 0 Å². The van der Waals surface area contributed by atoms with E-state index < -0.39 is 12.0 Å². The maximum Gasteiger partial charge on any atom is 0.326 e. The Balaban J connectivity index is 2.31. The van der Waals surface area contributed by atoms with Crippen LogP contribution in [0.25, 0.3) is 0 Å². The third-order valence-corrected chi connectivity index (χ3v) is 3.63. The van der Waals surface area contributed by atoms with Crippen molar-refractivity contribution in [3.8, 4) is 0 Å². The molecule has 1 heterocycles. The van der Waals surface area contributed by atoms with E-state index in [0.717, 1.165) is 30.6 Å². The summed E-state index contributed by atoms with van der Waals surface area (Å²) in [7, 11) is 1.53. The summed E-state index contributed by atoms with van der Waals surface area (Å²) >= 11 is 0. The number of hydrogen-bond donors (Lipinski definition) is 2. The van der Waals surface area contributed by atoms with Gasteiger partial charge in [-0.2, -0.15) is 0 Å². The number of nitrogens with zero attached hydrogens (tertiary/aromatic N) is 1. The van der Waals surface area contributed by atoms with E-state index in [9.17, 15) is 9.59 Å². The Morgan fingerprint density at radius 1 is 1.42 bits per heavy atom. The Bertz CT molecular complexity index is 513. The molecule has 0 spiro atoms. The Morgan fingerprint density at radius 2 is 2.16 bits per heavy atom. The van der Waals surface area contributed by atoms with Gasteiger partial charge in [0.15, 0.2) is 0 Å². The smallest absolute Gasteiger partial charge is 0.326 e. The zero-order valence-corrected chi connectivity index (χ0v) is 11.1. The van der Waals surface area contributed by atoms with Crippen molar-refractivity contribution in [2.24, 2.45) is 0 Å². The Hall–Kier alpha value is -1.88. The number of nitrogens with one attached hydrogen (secondary N) is 1. The molecule has 0 fully saturated rings. The number of aliphatic carboxylic acids is 1. The summed E-state index contributed by atoms with van der Waals surface area (Å²) in [5.74, 6) is -1.23. The molecule has 0 saturated heterocycles. The summed E-state index contributed by atoms with van der Waals surface area (Å²) in [5, 5.41) is 12.2. The number of benzene rings is 1. The van der Waals surface area contributed by atoms with Crippen molar-refractivity contribution in [3.05, 3.63) is 34.9 Å². The van der Waals surface area contributed by atoms with E-state index >= 15 is 0 Å². The van der Waals surface area contributed by atoms with E-state index in [0.29, 0.717) is 5.56 Å². The van der Waals surface area contributed by atoms with Crippen molar-refractivity contribution in [2.45, 2.75) is 25.9 Å². The van der Waals surface area contributed by atoms with E-state index in [1.165, 1.54) is 18.9 Å². The van der Waals surface area contributed by atoms with Gasteiger partial charge in [-0.15, -0.1) is 0 Å². The molecule has 1 amide bonds. The first kappa shape index (κ1) is 13.5. The van der Waals surface area contributed by atoms with Gasteiger partial charge in [-0.05, 0) is 37.1 Å². The number of fused-ring (bicyclic) bond motifs is 1. The lowest BCUT2D eigenvalue weighted by atomic mass is 9.94. The predicted octanol–water partition coefficient (Wildman–Crippen LogP) is 0.877. The molecule has 2 N–H and O–H groups in total. The van der Waals surface area contributed by atoms with Crippen LogP contribution in [-0.4, -0.2) is 41.5 Å². The molecule has 0 aromatic heterocycles. The molecule has 0 radical (unpaired) electrons. The Kier molecular flexibility index (Phi) is 3.85. The summed E-state index contributed by atoms with van der Waals surface area (Å²) in [6, 6.07) is 4.79. The summed E-state index contributed by atoms with van der Waals surface area (Å²) in [4.78, 5) is 24.6. The Labute approximate surface area is 112 Å². The van der Waals surface area contributed by atoms with Crippen molar-refractivity contribution in [1.82, 2.24) is 10.2 Å². The number of carboxylic acids is 1. The van der Waals surface area contributed by atoms with Crippen LogP contribution in [0.2, 0.25) is 0 Å². The highest BCUT2D eigenvalue weighted by Crippen LogP contribution is 2.20. The van der Waals surface area contributed by atoms with Gasteiger partial charge in [-0.1, -0.05) is 12.1 Å². The fourth-order valence-electron chi connectivity index (χ4n) is 2.26. The molecule has 1 aliphatic rings. The molecule has 1 atom stereocenters. The van der Waals surface area contributed by atoms with E-state index in [1.54, 1.807) is 6.07 Å². The van der Waals surface area contributed by atoms with Gasteiger partial charge in [0.2, 0.25) is 0 Å². The maximum absolute atomic E-state index is 12.4. The minimum absolute atomic E-state index is 0.228. The molecule has 2 rings (SSSR count). The third kappa shape index (κ3) is 2.61. The third-order valence-electron chi connectivity index (χ3n) is 3.63. The number of hydrogen-bond acceptors (Lipinski definition) is 3. The maximum atomic E-state index is 12.4. The van der Waals surface area contributed by atoms with E-state index in [4.69, 9.17) is 5.11 Å². The molecule has 0 bridgehead atoms. The first-order chi connectivity index (χ1) is 9.02. The van der Waals surface area contributed by atoms with Crippen LogP contribution >= 0.6 is 0 Å². The van der Waals surface area contributed by atoms with Crippen molar-refractivity contribution < 1.29 is 14.7 Å². The quantitative estimate of drug-likeness (QED) is 0.848. The SMILES string of the molecule is CC(C(=O)O)N(C)C(=O)c1cccc2c1CCNC2. The number of carbonyl (C=O) groups is 2. The predicted molar refractivity (Wildman–Crippen MR) is 71.0 cm³/mol. The first-order valence-electron chi connectivity index (χ1n) is 6.34. The minimum atomic E-state index is -0.998. The van der Waals surface area contributed by atoms with Gasteiger partial charge in [0.25, 0.3) is 5.91 Å². The monoisotopic (exact) mass is 262 g/mol. The van der Waals surface area contributed by atoms with Crippen LogP contribution in [0.3, 0.4) is 0 Å². The largest absolute Gasteiger partial charge is 0.480 e. The average Bonchev–Trinajstić information content (AvgIpc) is 2.44. The lowest BCUT2D eigenvalue weighted by Crippen LogP contribution is -2.41. The number of likely N-dealkylation sites (N-methyl/N-ethyl adjacent to an activating group) is 1. The van der Waals surface area contributed by atoms with Gasteiger partial charge in [0, 0.05) is 19.2 Å². The van der Waals surface area contributed by atoms with Crippen LogP contribution in [0.5, 0.6) is 0 Å². The lowest BCUT2D eigenvalue weighted by molar-refractivity contribution is -0.141. The molecule has 0 saturated carbocycles. The van der Waals surface area contributed by atoms with Crippen LogP contribution in [0.15, 0.2) is 18.2 Å². The molecule has 1 unspecified atom stereocenters. The molecular formula is C14H18N2O3. The summed E-state index contributed by atoms with van der Waals surface area (Å²) in [5.41, 5.74) is 2.78. The molecule has 0 aliphatic carbocycles. The average molecular weight is 262 g/mol. The number of carbonyl (C=O) groups excluding carboxylic acids is 1. The molecule has 102 valence electrons. The van der Waals surface area contributed by atoms with E-state index in [2.05, 4.69) is 5.32 Å². The second kappa shape index (κ2) is 5.40. The van der Waals surface area contributed by atoms with Crippen LogP contribution < -0.4 is 5.32 Å². The van der Waals surface area contributed by atoms with Gasteiger partial charge in [-0.25, -0.2) is 4.79 Å². The number of carboxylic acid groups (broad SMARTS) is 1. The summed E-state index contributed by atoms with van der Waals surface area (Å²) < 4.78 is 0. The first-order valence-corrected chi connectivity index (χ1v) is 6.34. The second-order valence-electron chi connectivity index (χ2n) is 4.80. The molecule has 5 nitrogen and oxygen atoms in total. The lowest BCUT2D eigenvalue weighted by Gasteiger charge is -2.25. The van der Waals surface area contributed by atoms with Crippen molar-refractivity contribution in [1.29, 1.82) is 0 Å². The highest BCUT2D eigenvalue weighted by Gasteiger charge is 2.25. The highest BCUT2D eigenvalue weighted by atomic mass is 16.4. The zero-order valence-electron chi connectivity index (χ0n) is 11.1. The van der Waals surface area contributed by atoms with Crippen LogP contribution in [-0.2, 0) is 17.8 Å². The summed E-state index contributed by atoms with van der Waals surface area (Å²) in [6.07, 6.45) is 0.798. The molecule has 1 aliphatic heterocycles. The Morgan fingerprint density at radius 3 is 2.84 bits per heavy atom. The van der Waals surface area contributed by atoms with Gasteiger partial charge < -0.3 is 15.3 Å². The second-order valence-corrected chi connectivity index (χ2v) is 4.80. The standard InChI is InChI=1S/C14H18N2O3/c1-9(14(18)19)16(2)13(17)12-5-3-4-10-8-15-7-6-11(10)12/h3-5,9,15H,6-8H2,1-2H3,(H,18,19). The minimum Gasteiger partial charge on any atom is -0.480 e. The normalized spacial score (nSPS) is 15.5. The van der Waals surface area contributed by atoms with Gasteiger partial charge >= 0.3 is 5.97 Å². The number of amides is 1. The van der Waals surface area contributed by atoms with Gasteiger partial charge in [-0.3, -0.25) is 4.79 Å². The zero-order chi connectivity index (χ0) is 14.0. The topological polar surface area (TPSA) is 69.6 Å². The van der Waals surface area contributed by atoms with Crippen molar-refractivity contribution in [2.75, 3.05) is 13.6 Å². The molecule has 1 aromatic rings. The number of rotatable bonds is 3. The van der Waals surface area contributed by atoms with Gasteiger partial charge in [0.1, 0.15) is 6.04 Å². The molecule has 5 heteroatoms. The summed E-state index contributed by atoms with van der Waals surface area (Å²) in [6.45, 7) is 3.11. The van der Waals surface area contributed by atoms with E-state index in [1.807, 2.05) is 12.1 Å². The van der Waals surface area contributed by atoms with Crippen LogP contribution in [0, 0.1) is 0 Å². The fraction of sp³-hybridized carbons (Fsp3) is 0.429. The highest BCUT2D eigenvalue weighted by molar-refractivity contribution is 5.98.